The first kappa shape index (κ1) is 13.9. The number of nitrogens with two attached hydrogens (primary N) is 1. The van der Waals surface area contributed by atoms with Gasteiger partial charge in [0.25, 0.3) is 5.91 Å². The average Bonchev–Trinajstić information content (AvgIpc) is 2.76. The molecule has 0 spiro atoms. The van der Waals surface area contributed by atoms with Crippen LogP contribution in [0.1, 0.15) is 19.8 Å². The topological polar surface area (TPSA) is 91.4 Å². The van der Waals surface area contributed by atoms with Crippen LogP contribution in [0.2, 0.25) is 0 Å². The van der Waals surface area contributed by atoms with Gasteiger partial charge in [0.15, 0.2) is 0 Å². The van der Waals surface area contributed by atoms with Crippen LogP contribution < -0.4 is 11.3 Å². The fourth-order valence-electron chi connectivity index (χ4n) is 2.06. The average molecular weight is 240 g/mol. The lowest BCUT2D eigenvalue weighted by atomic mass is 10.1. The number of hydrogen-bond acceptors (Lipinski definition) is 5. The van der Waals surface area contributed by atoms with E-state index >= 15 is 0 Å². The molecule has 96 valence electrons. The van der Waals surface area contributed by atoms with Gasteiger partial charge < -0.3 is 9.64 Å². The summed E-state index contributed by atoms with van der Waals surface area (Å²) < 4.78 is 5.58. The number of nitriles is 1. The Labute approximate surface area is 102 Å². The van der Waals surface area contributed by atoms with Crippen molar-refractivity contribution in [1.82, 2.24) is 10.3 Å². The van der Waals surface area contributed by atoms with E-state index in [1.54, 1.807) is 0 Å². The fourth-order valence-corrected chi connectivity index (χ4v) is 2.06. The standard InChI is InChI=1S/C11H20N4O2/c1-8(5-12)6-15(2)7-9-3-4-10(17-9)11(16)14-13/h8-10H,3-4,6-7,13H2,1-2H3,(H,14,16). The van der Waals surface area contributed by atoms with Crippen molar-refractivity contribution in [2.75, 3.05) is 20.1 Å². The third-order valence-corrected chi connectivity index (χ3v) is 2.86. The van der Waals surface area contributed by atoms with E-state index in [1.807, 2.05) is 14.0 Å². The van der Waals surface area contributed by atoms with Gasteiger partial charge in [0, 0.05) is 13.1 Å². The quantitative estimate of drug-likeness (QED) is 0.388. The molecule has 0 aromatic carbocycles. The number of ether oxygens (including phenoxy) is 1. The van der Waals surface area contributed by atoms with Gasteiger partial charge in [-0.1, -0.05) is 0 Å². The zero-order valence-corrected chi connectivity index (χ0v) is 10.3. The summed E-state index contributed by atoms with van der Waals surface area (Å²) in [6.45, 7) is 3.33. The largest absolute Gasteiger partial charge is 0.364 e. The number of hydrogen-bond donors (Lipinski definition) is 2. The smallest absolute Gasteiger partial charge is 0.263 e. The molecular formula is C11H20N4O2. The molecule has 3 atom stereocenters. The van der Waals surface area contributed by atoms with E-state index in [2.05, 4.69) is 16.4 Å². The Morgan fingerprint density at radius 1 is 1.71 bits per heavy atom. The van der Waals surface area contributed by atoms with Gasteiger partial charge >= 0.3 is 0 Å². The number of amides is 1. The van der Waals surface area contributed by atoms with Gasteiger partial charge in [-0.05, 0) is 26.8 Å². The highest BCUT2D eigenvalue weighted by Gasteiger charge is 2.30. The zero-order chi connectivity index (χ0) is 12.8. The second kappa shape index (κ2) is 6.55. The molecule has 0 bridgehead atoms. The van der Waals surface area contributed by atoms with Crippen LogP contribution in [0.15, 0.2) is 0 Å². The summed E-state index contributed by atoms with van der Waals surface area (Å²) in [5.41, 5.74) is 2.10. The summed E-state index contributed by atoms with van der Waals surface area (Å²) >= 11 is 0. The van der Waals surface area contributed by atoms with Crippen molar-refractivity contribution < 1.29 is 9.53 Å². The van der Waals surface area contributed by atoms with Crippen LogP contribution in [0, 0.1) is 17.2 Å². The molecule has 3 unspecified atom stereocenters. The molecule has 1 rings (SSSR count). The minimum absolute atomic E-state index is 0.00420. The minimum atomic E-state index is -0.424. The van der Waals surface area contributed by atoms with Crippen LogP contribution in [0.4, 0.5) is 0 Å². The maximum absolute atomic E-state index is 11.3. The van der Waals surface area contributed by atoms with Crippen LogP contribution in [0.25, 0.3) is 0 Å². The fraction of sp³-hybridized carbons (Fsp3) is 0.818. The van der Waals surface area contributed by atoms with E-state index in [0.29, 0.717) is 13.0 Å². The summed E-state index contributed by atoms with van der Waals surface area (Å²) in [5.74, 6) is 4.80. The van der Waals surface area contributed by atoms with Crippen LogP contribution in [0.3, 0.4) is 0 Å². The Kier molecular flexibility index (Phi) is 5.35. The lowest BCUT2D eigenvalue weighted by Crippen LogP contribution is -2.40. The van der Waals surface area contributed by atoms with Crippen LogP contribution in [0.5, 0.6) is 0 Å². The highest BCUT2D eigenvalue weighted by molar-refractivity contribution is 5.80. The molecule has 1 aliphatic heterocycles. The minimum Gasteiger partial charge on any atom is -0.364 e. The number of likely N-dealkylation sites (N-methyl/N-ethyl adjacent to an activating group) is 1. The normalized spacial score (nSPS) is 25.6. The van der Waals surface area contributed by atoms with Gasteiger partial charge in [0.05, 0.1) is 18.1 Å². The molecule has 0 aromatic heterocycles. The summed E-state index contributed by atoms with van der Waals surface area (Å²) in [4.78, 5) is 13.3. The van der Waals surface area contributed by atoms with E-state index in [0.717, 1.165) is 13.0 Å². The molecule has 0 saturated carbocycles. The molecule has 3 N–H and O–H groups in total. The molecule has 0 aliphatic carbocycles. The van der Waals surface area contributed by atoms with E-state index in [9.17, 15) is 4.79 Å². The molecule has 0 radical (unpaired) electrons. The van der Waals surface area contributed by atoms with Crippen molar-refractivity contribution in [3.63, 3.8) is 0 Å². The van der Waals surface area contributed by atoms with Gasteiger partial charge in [0.2, 0.25) is 0 Å². The highest BCUT2D eigenvalue weighted by atomic mass is 16.5. The molecule has 6 heteroatoms. The third kappa shape index (κ3) is 4.30. The zero-order valence-electron chi connectivity index (χ0n) is 10.3. The van der Waals surface area contributed by atoms with E-state index in [-0.39, 0.29) is 17.9 Å². The molecule has 1 heterocycles. The SMILES string of the molecule is CC(C#N)CN(C)CC1CCC(C(=O)NN)O1. The Balaban J connectivity index is 2.30. The van der Waals surface area contributed by atoms with Crippen molar-refractivity contribution in [1.29, 1.82) is 5.26 Å². The Morgan fingerprint density at radius 2 is 2.41 bits per heavy atom. The van der Waals surface area contributed by atoms with Crippen LogP contribution in [-0.2, 0) is 9.53 Å². The number of hydrazine groups is 1. The second-order valence-electron chi connectivity index (χ2n) is 4.58. The molecule has 1 fully saturated rings. The van der Waals surface area contributed by atoms with E-state index in [4.69, 9.17) is 15.8 Å². The molecule has 1 amide bonds. The summed E-state index contributed by atoms with van der Waals surface area (Å²) in [7, 11) is 1.95. The van der Waals surface area contributed by atoms with Crippen LogP contribution in [-0.4, -0.2) is 43.2 Å². The molecule has 6 nitrogen and oxygen atoms in total. The molecule has 17 heavy (non-hydrogen) atoms. The van der Waals surface area contributed by atoms with Crippen molar-refractivity contribution in [2.45, 2.75) is 32.0 Å². The van der Waals surface area contributed by atoms with Gasteiger partial charge in [-0.25, -0.2) is 5.84 Å². The predicted molar refractivity (Wildman–Crippen MR) is 62.5 cm³/mol. The maximum atomic E-state index is 11.3. The number of carbonyl (C=O) groups is 1. The Bertz CT molecular complexity index is 302. The van der Waals surface area contributed by atoms with Crippen molar-refractivity contribution in [3.05, 3.63) is 0 Å². The van der Waals surface area contributed by atoms with Gasteiger partial charge in [-0.15, -0.1) is 0 Å². The summed E-state index contributed by atoms with van der Waals surface area (Å²) in [6.07, 6.45) is 1.18. The number of nitrogens with one attached hydrogen (secondary N) is 1. The number of nitrogens with zero attached hydrogens (tertiary/aromatic N) is 2. The molecule has 1 aliphatic rings. The Hall–Kier alpha value is -1.16. The second-order valence-corrected chi connectivity index (χ2v) is 4.58. The van der Waals surface area contributed by atoms with E-state index < -0.39 is 6.10 Å². The first-order valence-electron chi connectivity index (χ1n) is 5.81. The lowest BCUT2D eigenvalue weighted by Gasteiger charge is -2.21. The van der Waals surface area contributed by atoms with Gasteiger partial charge in [-0.3, -0.25) is 10.2 Å². The van der Waals surface area contributed by atoms with Gasteiger partial charge in [0.1, 0.15) is 6.10 Å². The van der Waals surface area contributed by atoms with Crippen molar-refractivity contribution in [2.24, 2.45) is 11.8 Å². The summed E-state index contributed by atoms with van der Waals surface area (Å²) in [6, 6.07) is 2.19. The maximum Gasteiger partial charge on any atom is 0.263 e. The van der Waals surface area contributed by atoms with Gasteiger partial charge in [-0.2, -0.15) is 5.26 Å². The third-order valence-electron chi connectivity index (χ3n) is 2.86. The molecular weight excluding hydrogens is 220 g/mol. The van der Waals surface area contributed by atoms with Crippen molar-refractivity contribution >= 4 is 5.91 Å². The predicted octanol–water partition coefficient (Wildman–Crippen LogP) is -0.385. The number of carbonyl (C=O) groups excluding carboxylic acids is 1. The highest BCUT2D eigenvalue weighted by Crippen LogP contribution is 2.20. The monoisotopic (exact) mass is 240 g/mol. The molecule has 1 saturated heterocycles. The van der Waals surface area contributed by atoms with Crippen molar-refractivity contribution in [3.8, 4) is 6.07 Å². The first-order chi connectivity index (χ1) is 8.06. The first-order valence-corrected chi connectivity index (χ1v) is 5.81. The lowest BCUT2D eigenvalue weighted by molar-refractivity contribution is -0.132. The van der Waals surface area contributed by atoms with E-state index in [1.165, 1.54) is 0 Å². The number of rotatable bonds is 5. The Morgan fingerprint density at radius 3 is 3.00 bits per heavy atom. The molecule has 0 aromatic rings. The van der Waals surface area contributed by atoms with Crippen LogP contribution >= 0.6 is 0 Å². The summed E-state index contributed by atoms with van der Waals surface area (Å²) in [5, 5.41) is 8.72.